The van der Waals surface area contributed by atoms with E-state index in [4.69, 9.17) is 14.2 Å². The molecular formula is C61H82N2O11. The summed E-state index contributed by atoms with van der Waals surface area (Å²) >= 11 is 0. The summed E-state index contributed by atoms with van der Waals surface area (Å²) in [6, 6.07) is 3.69. The summed E-state index contributed by atoms with van der Waals surface area (Å²) in [6.07, 6.45) is 12.9. The van der Waals surface area contributed by atoms with Gasteiger partial charge in [0.15, 0.2) is 11.5 Å². The van der Waals surface area contributed by atoms with Crippen molar-refractivity contribution in [1.29, 1.82) is 0 Å². The van der Waals surface area contributed by atoms with E-state index in [1.165, 1.54) is 6.92 Å². The summed E-state index contributed by atoms with van der Waals surface area (Å²) in [4.78, 5) is 45.8. The molecule has 1 aromatic rings. The second-order valence-electron chi connectivity index (χ2n) is 25.2. The molecule has 7 N–H and O–H groups in total. The number of aliphatic hydroxyl groups is 4. The molecule has 74 heavy (non-hydrogen) atoms. The molecule has 2 saturated heterocycles. The number of carbonyl (C=O) groups excluding carboxylic acids is 3. The van der Waals surface area contributed by atoms with Gasteiger partial charge in [-0.3, -0.25) is 9.59 Å². The van der Waals surface area contributed by atoms with Crippen molar-refractivity contribution < 1.29 is 54.1 Å². The zero-order chi connectivity index (χ0) is 51.6. The van der Waals surface area contributed by atoms with Crippen LogP contribution in [0.25, 0.3) is 0 Å². The molecule has 13 nitrogen and oxygen atoms in total. The molecule has 12 rings (SSSR count). The van der Waals surface area contributed by atoms with Crippen LogP contribution in [-0.2, 0) is 23.9 Å². The molecule has 5 aliphatic heterocycles. The minimum Gasteiger partial charge on any atom is -0.504 e. The molecule has 11 aliphatic rings. The molecule has 1 amide bonds. The molecule has 7 bridgehead atoms. The van der Waals surface area contributed by atoms with Gasteiger partial charge in [0, 0.05) is 90.6 Å². The SMILES string of the molecule is CC(=O)OC1C2C=C3C#CCC4CC(CCN4)(C2OC(=O)C24CCCCC2CC2(CCCC32)C(=O)N4)C2c3ccc(O)c4c3C(CC2C#CCC(CC(C)O)C1CCC(O)CCCO)C(C1(CO)CCCC1)CO4. The number of hydrogen-bond donors (Lipinski definition) is 7. The Morgan fingerprint density at radius 2 is 1.80 bits per heavy atom. The number of ether oxygens (including phenoxy) is 3. The fourth-order valence-electron chi connectivity index (χ4n) is 18.1. The van der Waals surface area contributed by atoms with E-state index in [2.05, 4.69) is 46.5 Å². The topological polar surface area (TPSA) is 204 Å². The predicted molar refractivity (Wildman–Crippen MR) is 276 cm³/mol. The number of phenolic OH excluding ortho intramolecular Hbond substituents is 1. The molecule has 1 aromatic carbocycles. The lowest BCUT2D eigenvalue weighted by Crippen LogP contribution is -2.70. The van der Waals surface area contributed by atoms with E-state index < -0.39 is 64.6 Å². The first-order valence-corrected chi connectivity index (χ1v) is 29.0. The third kappa shape index (κ3) is 8.79. The molecule has 3 spiro atoms. The molecule has 6 aliphatic carbocycles. The fraction of sp³-hybridized carbons (Fsp3) is 0.754. The van der Waals surface area contributed by atoms with E-state index in [-0.39, 0.29) is 77.8 Å². The molecule has 17 atom stereocenters. The smallest absolute Gasteiger partial charge is 0.332 e. The van der Waals surface area contributed by atoms with Crippen molar-refractivity contribution in [3.8, 4) is 35.2 Å². The van der Waals surface area contributed by atoms with Crippen LogP contribution in [-0.4, -0.2) is 106 Å². The number of nitrogens with one attached hydrogen (secondary N) is 2. The fourth-order valence-corrected chi connectivity index (χ4v) is 18.1. The zero-order valence-electron chi connectivity index (χ0n) is 43.9. The van der Waals surface area contributed by atoms with Crippen molar-refractivity contribution in [2.24, 2.45) is 57.7 Å². The molecule has 5 fully saturated rings. The summed E-state index contributed by atoms with van der Waals surface area (Å²) in [7, 11) is 0. The van der Waals surface area contributed by atoms with Gasteiger partial charge in [0.1, 0.15) is 17.7 Å². The largest absolute Gasteiger partial charge is 0.504 e. The van der Waals surface area contributed by atoms with Crippen LogP contribution in [0.1, 0.15) is 178 Å². The third-order valence-corrected chi connectivity index (χ3v) is 21.3. The highest BCUT2D eigenvalue weighted by molar-refractivity contribution is 5.94. The summed E-state index contributed by atoms with van der Waals surface area (Å²) in [5.74, 6) is 11.8. The molecule has 13 heteroatoms. The van der Waals surface area contributed by atoms with Crippen LogP contribution in [0.2, 0.25) is 0 Å². The lowest BCUT2D eigenvalue weighted by atomic mass is 9.50. The van der Waals surface area contributed by atoms with Crippen LogP contribution in [0.3, 0.4) is 0 Å². The zero-order valence-corrected chi connectivity index (χ0v) is 43.9. The second-order valence-corrected chi connectivity index (χ2v) is 25.2. The molecule has 0 aromatic heterocycles. The number of fused-ring (bicyclic) bond motifs is 5. The number of aromatic hydroxyl groups is 1. The Hall–Kier alpha value is -4.11. The number of piperidine rings is 2. The third-order valence-electron chi connectivity index (χ3n) is 21.3. The van der Waals surface area contributed by atoms with Crippen molar-refractivity contribution in [2.45, 2.75) is 203 Å². The number of aliphatic hydroxyl groups excluding tert-OH is 4. The number of rotatable bonds is 11. The monoisotopic (exact) mass is 1020 g/mol. The summed E-state index contributed by atoms with van der Waals surface area (Å²) in [5, 5.41) is 63.3. The Balaban J connectivity index is 1.21. The molecule has 0 radical (unpaired) electrons. The van der Waals surface area contributed by atoms with Crippen LogP contribution in [0, 0.1) is 81.4 Å². The number of phenols is 1. The maximum absolute atomic E-state index is 16.3. The average molecular weight is 1020 g/mol. The van der Waals surface area contributed by atoms with Gasteiger partial charge in [-0.05, 0) is 139 Å². The van der Waals surface area contributed by atoms with Gasteiger partial charge in [0.25, 0.3) is 0 Å². The molecule has 3 saturated carbocycles. The highest BCUT2D eigenvalue weighted by atomic mass is 16.6. The predicted octanol–water partition coefficient (Wildman–Crippen LogP) is 7.25. The second kappa shape index (κ2) is 20.7. The van der Waals surface area contributed by atoms with Crippen molar-refractivity contribution >= 4 is 17.8 Å². The minimum absolute atomic E-state index is 0.0342. The number of esters is 2. The van der Waals surface area contributed by atoms with E-state index in [9.17, 15) is 30.3 Å². The Bertz CT molecular complexity index is 2480. The lowest BCUT2D eigenvalue weighted by molar-refractivity contribution is -0.193. The van der Waals surface area contributed by atoms with Crippen molar-refractivity contribution in [3.05, 3.63) is 34.9 Å². The first-order chi connectivity index (χ1) is 35.8. The summed E-state index contributed by atoms with van der Waals surface area (Å²) < 4.78 is 21.4. The molecular weight excluding hydrogens is 937 g/mol. The van der Waals surface area contributed by atoms with Gasteiger partial charge >= 0.3 is 11.9 Å². The van der Waals surface area contributed by atoms with Crippen LogP contribution in [0.5, 0.6) is 11.5 Å². The van der Waals surface area contributed by atoms with E-state index in [0.29, 0.717) is 102 Å². The summed E-state index contributed by atoms with van der Waals surface area (Å²) in [5.41, 5.74) is -0.517. The number of benzene rings is 1. The number of amides is 1. The van der Waals surface area contributed by atoms with E-state index in [1.54, 1.807) is 13.0 Å². The van der Waals surface area contributed by atoms with Crippen LogP contribution in [0.15, 0.2) is 23.8 Å². The van der Waals surface area contributed by atoms with Crippen LogP contribution < -0.4 is 15.4 Å². The van der Waals surface area contributed by atoms with Gasteiger partial charge in [0.05, 0.1) is 30.1 Å². The van der Waals surface area contributed by atoms with Crippen molar-refractivity contribution in [3.63, 3.8) is 0 Å². The molecule has 402 valence electrons. The Labute approximate surface area is 438 Å². The quantitative estimate of drug-likeness (QED) is 0.0866. The molecule has 5 heterocycles. The van der Waals surface area contributed by atoms with Gasteiger partial charge in [-0.25, -0.2) is 4.79 Å². The number of carbonyl (C=O) groups is 3. The highest BCUT2D eigenvalue weighted by Crippen LogP contribution is 2.67. The maximum Gasteiger partial charge on any atom is 0.332 e. The lowest BCUT2D eigenvalue weighted by Gasteiger charge is -2.58. The van der Waals surface area contributed by atoms with Gasteiger partial charge in [-0.15, -0.1) is 5.92 Å². The maximum atomic E-state index is 16.3. The Morgan fingerprint density at radius 3 is 2.58 bits per heavy atom. The Morgan fingerprint density at radius 1 is 0.973 bits per heavy atom. The van der Waals surface area contributed by atoms with E-state index in [1.807, 2.05) is 0 Å². The number of hydrogen-bond acceptors (Lipinski definition) is 12. The normalized spacial score (nSPS) is 40.3. The van der Waals surface area contributed by atoms with Gasteiger partial charge in [0.2, 0.25) is 5.91 Å². The molecule has 17 unspecified atom stereocenters. The van der Waals surface area contributed by atoms with E-state index in [0.717, 1.165) is 74.5 Å². The first-order valence-electron chi connectivity index (χ1n) is 29.0. The first kappa shape index (κ1) is 52.0. The standard InChI is InChI=1S/C61H82N2O11/c1-36(66)29-38-11-7-13-40-31-46-49(58(35-65)22-5-6-23-58)34-72-54-50(69)21-20-45(51(46)54)52(40)60-26-27-62-42(33-60)15-8-12-39-30-47(53(73-37(2)67)44(38)19-18-43(68)16-10-28-64)55(60)74-57(71)61-25-4-3-14-41(61)32-59(56(70)63-61)24-9-17-48(39)59/h20-21,30,36,38,40-44,46-49,52-53,55,62,64-66,68-69H,3-6,9-11,14-19,22-29,31-35H2,1-2H3,(H,63,70). The highest BCUT2D eigenvalue weighted by Gasteiger charge is 2.67. The summed E-state index contributed by atoms with van der Waals surface area (Å²) in [6.45, 7) is 4.15. The number of allylic oxidation sites excluding steroid dienone is 1. The average Bonchev–Trinajstić information content (AvgIpc) is 4.11. The van der Waals surface area contributed by atoms with Gasteiger partial charge in [-0.1, -0.05) is 62.0 Å². The van der Waals surface area contributed by atoms with E-state index >= 15 is 9.59 Å². The van der Waals surface area contributed by atoms with Gasteiger partial charge < -0.3 is 50.4 Å². The minimum atomic E-state index is -1.26. The Kier molecular flexibility index (Phi) is 14.5. The van der Waals surface area contributed by atoms with Crippen LogP contribution in [0.4, 0.5) is 0 Å². The van der Waals surface area contributed by atoms with Gasteiger partial charge in [-0.2, -0.15) is 0 Å². The van der Waals surface area contributed by atoms with Crippen molar-refractivity contribution in [1.82, 2.24) is 10.6 Å². The van der Waals surface area contributed by atoms with Crippen molar-refractivity contribution in [2.75, 3.05) is 26.4 Å². The van der Waals surface area contributed by atoms with Crippen LogP contribution >= 0.6 is 0 Å².